The number of benzene rings is 1. The lowest BCUT2D eigenvalue weighted by Gasteiger charge is -2.00. The number of aromatic amines is 1. The molecule has 2 heterocycles. The van der Waals surface area contributed by atoms with Gasteiger partial charge in [0.25, 0.3) is 5.56 Å². The van der Waals surface area contributed by atoms with Crippen molar-refractivity contribution in [3.63, 3.8) is 0 Å². The third kappa shape index (κ3) is 1.66. The van der Waals surface area contributed by atoms with Gasteiger partial charge in [0.2, 0.25) is 0 Å². The van der Waals surface area contributed by atoms with Gasteiger partial charge in [-0.3, -0.25) is 4.79 Å². The fourth-order valence-electron chi connectivity index (χ4n) is 1.99. The fourth-order valence-corrected chi connectivity index (χ4v) is 3.02. The summed E-state index contributed by atoms with van der Waals surface area (Å²) >= 11 is 1.57. The van der Waals surface area contributed by atoms with Crippen LogP contribution in [0.3, 0.4) is 0 Å². The summed E-state index contributed by atoms with van der Waals surface area (Å²) in [5.41, 5.74) is 1.91. The molecule has 90 valence electrons. The van der Waals surface area contributed by atoms with Crippen molar-refractivity contribution in [1.82, 2.24) is 9.97 Å². The Morgan fingerprint density at radius 1 is 1.17 bits per heavy atom. The predicted molar refractivity (Wildman–Crippen MR) is 75.2 cm³/mol. The molecule has 2 aromatic heterocycles. The van der Waals surface area contributed by atoms with Crippen molar-refractivity contribution in [2.45, 2.75) is 13.8 Å². The summed E-state index contributed by atoms with van der Waals surface area (Å²) in [6.07, 6.45) is 0. The molecule has 1 aromatic carbocycles. The number of fused-ring (bicyclic) bond motifs is 1. The second-order valence-electron chi connectivity index (χ2n) is 4.24. The van der Waals surface area contributed by atoms with E-state index in [1.54, 1.807) is 11.3 Å². The molecular weight excluding hydrogens is 244 g/mol. The molecule has 0 atom stereocenters. The Balaban J connectivity index is 2.32. The SMILES string of the molecule is Cc1sc2nc(-c3ccccc3)[nH]c(=O)c2c1C. The molecule has 0 bridgehead atoms. The first-order valence-electron chi connectivity index (χ1n) is 5.72. The number of H-pyrrole nitrogens is 1. The standard InChI is InChI=1S/C14H12N2OS/c1-8-9(2)18-14-11(8)13(17)15-12(16-14)10-6-4-3-5-7-10/h3-7H,1-2H3,(H,15,16,17). The van der Waals surface area contributed by atoms with Gasteiger partial charge in [0, 0.05) is 10.4 Å². The first kappa shape index (κ1) is 11.2. The molecule has 3 nitrogen and oxygen atoms in total. The second-order valence-corrected chi connectivity index (χ2v) is 5.45. The summed E-state index contributed by atoms with van der Waals surface area (Å²) in [4.78, 5) is 21.5. The molecule has 0 aliphatic heterocycles. The van der Waals surface area contributed by atoms with Gasteiger partial charge in [0.05, 0.1) is 5.39 Å². The lowest BCUT2D eigenvalue weighted by Crippen LogP contribution is -2.09. The molecule has 0 unspecified atom stereocenters. The molecule has 0 aliphatic rings. The number of thiophene rings is 1. The molecular formula is C14H12N2OS. The van der Waals surface area contributed by atoms with E-state index in [-0.39, 0.29) is 5.56 Å². The smallest absolute Gasteiger partial charge is 0.260 e. The topological polar surface area (TPSA) is 45.8 Å². The highest BCUT2D eigenvalue weighted by Crippen LogP contribution is 2.27. The van der Waals surface area contributed by atoms with Crippen molar-refractivity contribution in [1.29, 1.82) is 0 Å². The van der Waals surface area contributed by atoms with Gasteiger partial charge in [0.15, 0.2) is 0 Å². The maximum Gasteiger partial charge on any atom is 0.260 e. The molecule has 0 amide bonds. The van der Waals surface area contributed by atoms with Gasteiger partial charge in [-0.2, -0.15) is 0 Å². The summed E-state index contributed by atoms with van der Waals surface area (Å²) in [5.74, 6) is 0.634. The maximum atomic E-state index is 12.1. The quantitative estimate of drug-likeness (QED) is 0.726. The number of hydrogen-bond donors (Lipinski definition) is 1. The molecule has 18 heavy (non-hydrogen) atoms. The molecule has 0 radical (unpaired) electrons. The third-order valence-corrected chi connectivity index (χ3v) is 4.19. The van der Waals surface area contributed by atoms with Crippen molar-refractivity contribution in [2.75, 3.05) is 0 Å². The van der Waals surface area contributed by atoms with Crippen LogP contribution in [0.5, 0.6) is 0 Å². The largest absolute Gasteiger partial charge is 0.306 e. The van der Waals surface area contributed by atoms with Crippen LogP contribution in [0.1, 0.15) is 10.4 Å². The van der Waals surface area contributed by atoms with Crippen molar-refractivity contribution < 1.29 is 0 Å². The van der Waals surface area contributed by atoms with Crippen LogP contribution in [0, 0.1) is 13.8 Å². The summed E-state index contributed by atoms with van der Waals surface area (Å²) < 4.78 is 0. The summed E-state index contributed by atoms with van der Waals surface area (Å²) in [5, 5.41) is 0.720. The molecule has 0 aliphatic carbocycles. The van der Waals surface area contributed by atoms with Crippen molar-refractivity contribution in [2.24, 2.45) is 0 Å². The normalized spacial score (nSPS) is 11.0. The Bertz CT molecular complexity index is 772. The predicted octanol–water partition coefficient (Wildman–Crippen LogP) is 3.27. The van der Waals surface area contributed by atoms with E-state index in [1.165, 1.54) is 0 Å². The van der Waals surface area contributed by atoms with Crippen molar-refractivity contribution in [3.8, 4) is 11.4 Å². The molecule has 0 spiro atoms. The van der Waals surface area contributed by atoms with Gasteiger partial charge < -0.3 is 4.98 Å². The van der Waals surface area contributed by atoms with Gasteiger partial charge in [-0.25, -0.2) is 4.98 Å². The average molecular weight is 256 g/mol. The summed E-state index contributed by atoms with van der Waals surface area (Å²) in [6.45, 7) is 3.98. The van der Waals surface area contributed by atoms with Crippen molar-refractivity contribution in [3.05, 3.63) is 51.1 Å². The number of nitrogens with zero attached hydrogens (tertiary/aromatic N) is 1. The zero-order chi connectivity index (χ0) is 12.7. The van der Waals surface area contributed by atoms with Crippen LogP contribution in [-0.4, -0.2) is 9.97 Å². The maximum absolute atomic E-state index is 12.1. The first-order valence-corrected chi connectivity index (χ1v) is 6.54. The number of rotatable bonds is 1. The Labute approximate surface area is 108 Å². The highest BCUT2D eigenvalue weighted by Gasteiger charge is 2.12. The summed E-state index contributed by atoms with van der Waals surface area (Å²) in [7, 11) is 0. The van der Waals surface area contributed by atoms with E-state index < -0.39 is 0 Å². The van der Waals surface area contributed by atoms with E-state index >= 15 is 0 Å². The Hall–Kier alpha value is -1.94. The lowest BCUT2D eigenvalue weighted by atomic mass is 10.2. The Kier molecular flexibility index (Phi) is 2.52. The highest BCUT2D eigenvalue weighted by molar-refractivity contribution is 7.18. The van der Waals surface area contributed by atoms with Crippen molar-refractivity contribution >= 4 is 21.6 Å². The highest BCUT2D eigenvalue weighted by atomic mass is 32.1. The fraction of sp³-hybridized carbons (Fsp3) is 0.143. The van der Waals surface area contributed by atoms with Gasteiger partial charge in [0.1, 0.15) is 10.7 Å². The number of hydrogen-bond acceptors (Lipinski definition) is 3. The molecule has 1 N–H and O–H groups in total. The van der Waals surface area contributed by atoms with Crippen LogP contribution in [-0.2, 0) is 0 Å². The third-order valence-electron chi connectivity index (χ3n) is 3.09. The Morgan fingerprint density at radius 3 is 2.61 bits per heavy atom. The lowest BCUT2D eigenvalue weighted by molar-refractivity contribution is 1.18. The number of aryl methyl sites for hydroxylation is 2. The zero-order valence-electron chi connectivity index (χ0n) is 10.2. The summed E-state index contributed by atoms with van der Waals surface area (Å²) in [6, 6.07) is 9.70. The van der Waals surface area contributed by atoms with Crippen LogP contribution < -0.4 is 5.56 Å². The molecule has 0 saturated heterocycles. The van der Waals surface area contributed by atoms with Gasteiger partial charge in [-0.15, -0.1) is 11.3 Å². The van der Waals surface area contributed by atoms with E-state index in [0.29, 0.717) is 5.82 Å². The van der Waals surface area contributed by atoms with E-state index in [1.807, 2.05) is 44.2 Å². The van der Waals surface area contributed by atoms with E-state index in [4.69, 9.17) is 0 Å². The van der Waals surface area contributed by atoms with Crippen LogP contribution >= 0.6 is 11.3 Å². The molecule has 0 saturated carbocycles. The van der Waals surface area contributed by atoms with Crippen LogP contribution in [0.4, 0.5) is 0 Å². The molecule has 3 aromatic rings. The minimum absolute atomic E-state index is 0.0549. The molecule has 4 heteroatoms. The van der Waals surface area contributed by atoms with Crippen LogP contribution in [0.15, 0.2) is 35.1 Å². The van der Waals surface area contributed by atoms with E-state index in [0.717, 1.165) is 26.2 Å². The van der Waals surface area contributed by atoms with Gasteiger partial charge in [-0.1, -0.05) is 30.3 Å². The Morgan fingerprint density at radius 2 is 1.89 bits per heavy atom. The number of nitrogens with one attached hydrogen (secondary N) is 1. The minimum Gasteiger partial charge on any atom is -0.306 e. The zero-order valence-corrected chi connectivity index (χ0v) is 11.0. The van der Waals surface area contributed by atoms with Crippen LogP contribution in [0.25, 0.3) is 21.6 Å². The van der Waals surface area contributed by atoms with E-state index in [9.17, 15) is 4.79 Å². The number of aromatic nitrogens is 2. The molecule has 0 fully saturated rings. The second kappa shape index (κ2) is 4.07. The first-order chi connectivity index (χ1) is 8.66. The van der Waals surface area contributed by atoms with Gasteiger partial charge in [-0.05, 0) is 19.4 Å². The van der Waals surface area contributed by atoms with E-state index in [2.05, 4.69) is 9.97 Å². The minimum atomic E-state index is -0.0549. The van der Waals surface area contributed by atoms with Gasteiger partial charge >= 0.3 is 0 Å². The monoisotopic (exact) mass is 256 g/mol. The average Bonchev–Trinajstić information content (AvgIpc) is 2.66. The molecule has 3 rings (SSSR count). The van der Waals surface area contributed by atoms with Crippen LogP contribution in [0.2, 0.25) is 0 Å².